The minimum absolute atomic E-state index is 0.000556. The van der Waals surface area contributed by atoms with Crippen LogP contribution in [0.4, 0.5) is 13.2 Å². The average molecular weight is 250 g/mol. The minimum atomic E-state index is -4.46. The van der Waals surface area contributed by atoms with Crippen LogP contribution < -0.4 is 0 Å². The van der Waals surface area contributed by atoms with E-state index in [1.54, 1.807) is 0 Å². The molecule has 7 heteroatoms. The topological polar surface area (TPSA) is 30.7 Å². The van der Waals surface area contributed by atoms with E-state index >= 15 is 0 Å². The number of hydrogen-bond acceptors (Lipinski definition) is 2. The second-order valence-corrected chi connectivity index (χ2v) is 3.79. The zero-order valence-electron chi connectivity index (χ0n) is 8.43. The third-order valence-electron chi connectivity index (χ3n) is 2.24. The smallest absolute Gasteiger partial charge is 0.250 e. The lowest BCUT2D eigenvalue weighted by Gasteiger charge is -2.08. The molecular weight excluding hydrogens is 243 g/mol. The highest BCUT2D eigenvalue weighted by molar-refractivity contribution is 6.29. The van der Waals surface area contributed by atoms with E-state index in [1.807, 2.05) is 0 Å². The summed E-state index contributed by atoms with van der Waals surface area (Å²) in [5.74, 6) is 0. The van der Waals surface area contributed by atoms with Gasteiger partial charge >= 0.3 is 6.18 Å². The van der Waals surface area contributed by atoms with Crippen LogP contribution in [-0.2, 0) is 13.2 Å². The van der Waals surface area contributed by atoms with Crippen molar-refractivity contribution in [2.45, 2.75) is 13.1 Å². The maximum Gasteiger partial charge on any atom is 0.417 e. The largest absolute Gasteiger partial charge is 0.417 e. The lowest BCUT2D eigenvalue weighted by Crippen LogP contribution is -2.07. The van der Waals surface area contributed by atoms with Crippen molar-refractivity contribution in [3.05, 3.63) is 22.5 Å². The predicted octanol–water partition coefficient (Wildman–Crippen LogP) is 2.95. The zero-order valence-corrected chi connectivity index (χ0v) is 9.19. The van der Waals surface area contributed by atoms with Gasteiger partial charge in [-0.05, 0) is 13.0 Å². The van der Waals surface area contributed by atoms with Crippen molar-refractivity contribution in [3.8, 4) is 0 Å². The first-order valence-corrected chi connectivity index (χ1v) is 4.75. The number of rotatable bonds is 0. The van der Waals surface area contributed by atoms with Crippen molar-refractivity contribution in [1.82, 2.24) is 14.8 Å². The van der Waals surface area contributed by atoms with Crippen LogP contribution >= 0.6 is 11.6 Å². The van der Waals surface area contributed by atoms with Gasteiger partial charge in [0.2, 0.25) is 0 Å². The molecule has 0 amide bonds. The third kappa shape index (κ3) is 1.63. The molecule has 0 fully saturated rings. The van der Waals surface area contributed by atoms with Gasteiger partial charge in [-0.25, -0.2) is 4.98 Å². The number of halogens is 4. The van der Waals surface area contributed by atoms with Crippen molar-refractivity contribution in [2.75, 3.05) is 0 Å². The number of alkyl halides is 3. The normalized spacial score (nSPS) is 12.4. The van der Waals surface area contributed by atoms with Gasteiger partial charge in [-0.1, -0.05) is 11.6 Å². The van der Waals surface area contributed by atoms with E-state index in [0.29, 0.717) is 0 Å². The summed E-state index contributed by atoms with van der Waals surface area (Å²) >= 11 is 5.56. The van der Waals surface area contributed by atoms with Crippen molar-refractivity contribution in [1.29, 1.82) is 0 Å². The molecule has 2 aromatic heterocycles. The molecule has 0 bridgehead atoms. The highest BCUT2D eigenvalue weighted by atomic mass is 35.5. The lowest BCUT2D eigenvalue weighted by molar-refractivity contribution is -0.136. The number of aromatic nitrogens is 3. The molecule has 0 unspecified atom stereocenters. The van der Waals surface area contributed by atoms with Crippen LogP contribution in [0.25, 0.3) is 11.0 Å². The predicted molar refractivity (Wildman–Crippen MR) is 53.3 cm³/mol. The van der Waals surface area contributed by atoms with E-state index in [4.69, 9.17) is 11.6 Å². The fraction of sp³-hybridized carbons (Fsp3) is 0.333. The van der Waals surface area contributed by atoms with Crippen molar-refractivity contribution in [3.63, 3.8) is 0 Å². The first-order valence-electron chi connectivity index (χ1n) is 4.37. The summed E-state index contributed by atoms with van der Waals surface area (Å²) in [7, 11) is 1.53. The Morgan fingerprint density at radius 3 is 2.56 bits per heavy atom. The standard InChI is InChI=1S/C9H7ClF3N3/c1-4-7-5(9(11,12)13)3-6(10)14-8(7)16(2)15-4/h3H,1-2H3. The molecule has 0 aliphatic heterocycles. The lowest BCUT2D eigenvalue weighted by atomic mass is 10.1. The molecule has 0 radical (unpaired) electrons. The first kappa shape index (κ1) is 11.2. The quantitative estimate of drug-likeness (QED) is 0.672. The second-order valence-electron chi connectivity index (χ2n) is 3.40. The molecule has 0 saturated heterocycles. The van der Waals surface area contributed by atoms with Gasteiger partial charge < -0.3 is 0 Å². The van der Waals surface area contributed by atoms with Crippen LogP contribution in [0.3, 0.4) is 0 Å². The van der Waals surface area contributed by atoms with Gasteiger partial charge in [-0.15, -0.1) is 0 Å². The van der Waals surface area contributed by atoms with Crippen LogP contribution in [0.15, 0.2) is 6.07 Å². The van der Waals surface area contributed by atoms with Crippen LogP contribution in [0.1, 0.15) is 11.3 Å². The molecule has 0 aliphatic carbocycles. The molecule has 86 valence electrons. The molecule has 0 aromatic carbocycles. The zero-order chi connectivity index (χ0) is 12.1. The van der Waals surface area contributed by atoms with Crippen molar-refractivity contribution >= 4 is 22.6 Å². The maximum absolute atomic E-state index is 12.8. The number of fused-ring (bicyclic) bond motifs is 1. The molecule has 16 heavy (non-hydrogen) atoms. The monoisotopic (exact) mass is 249 g/mol. The summed E-state index contributed by atoms with van der Waals surface area (Å²) in [5, 5.41) is 3.71. The van der Waals surface area contributed by atoms with Gasteiger partial charge in [0.05, 0.1) is 16.6 Å². The van der Waals surface area contributed by atoms with Crippen LogP contribution in [-0.4, -0.2) is 14.8 Å². The summed E-state index contributed by atoms with van der Waals surface area (Å²) in [5.41, 5.74) is -0.376. The van der Waals surface area contributed by atoms with E-state index in [1.165, 1.54) is 18.7 Å². The number of nitrogens with zero attached hydrogens (tertiary/aromatic N) is 3. The van der Waals surface area contributed by atoms with Gasteiger partial charge in [0.25, 0.3) is 0 Å². The highest BCUT2D eigenvalue weighted by Gasteiger charge is 2.35. The Kier molecular flexibility index (Phi) is 2.34. The molecule has 0 N–H and O–H groups in total. The highest BCUT2D eigenvalue weighted by Crippen LogP contribution is 2.36. The van der Waals surface area contributed by atoms with Gasteiger partial charge in [0.15, 0.2) is 5.65 Å². The fourth-order valence-corrected chi connectivity index (χ4v) is 1.83. The Hall–Kier alpha value is -1.30. The van der Waals surface area contributed by atoms with E-state index in [0.717, 1.165) is 6.07 Å². The van der Waals surface area contributed by atoms with Crippen molar-refractivity contribution < 1.29 is 13.2 Å². The summed E-state index contributed by atoms with van der Waals surface area (Å²) in [6, 6.07) is 0.818. The molecule has 2 rings (SSSR count). The molecule has 0 atom stereocenters. The average Bonchev–Trinajstić information content (AvgIpc) is 2.40. The summed E-state index contributed by atoms with van der Waals surface area (Å²) in [4.78, 5) is 3.84. The summed E-state index contributed by atoms with van der Waals surface area (Å²) in [6.45, 7) is 1.51. The minimum Gasteiger partial charge on any atom is -0.250 e. The molecule has 2 aromatic rings. The third-order valence-corrected chi connectivity index (χ3v) is 2.44. The Morgan fingerprint density at radius 2 is 2.00 bits per heavy atom. The second kappa shape index (κ2) is 3.35. The maximum atomic E-state index is 12.8. The van der Waals surface area contributed by atoms with Gasteiger partial charge in [-0.3, -0.25) is 4.68 Å². The Morgan fingerprint density at radius 1 is 1.38 bits per heavy atom. The summed E-state index contributed by atoms with van der Waals surface area (Å²) in [6.07, 6.45) is -4.46. The molecular formula is C9H7ClF3N3. The first-order chi connectivity index (χ1) is 7.30. The molecule has 3 nitrogen and oxygen atoms in total. The van der Waals surface area contributed by atoms with E-state index in [2.05, 4.69) is 10.1 Å². The van der Waals surface area contributed by atoms with Crippen LogP contribution in [0, 0.1) is 6.92 Å². The number of pyridine rings is 1. The van der Waals surface area contributed by atoms with Crippen LogP contribution in [0.2, 0.25) is 5.15 Å². The van der Waals surface area contributed by atoms with Crippen LogP contribution in [0.5, 0.6) is 0 Å². The molecule has 0 spiro atoms. The fourth-order valence-electron chi connectivity index (χ4n) is 1.64. The number of hydrogen-bond donors (Lipinski definition) is 0. The molecule has 2 heterocycles. The summed E-state index contributed by atoms with van der Waals surface area (Å²) < 4.78 is 39.6. The molecule has 0 aliphatic rings. The number of aryl methyl sites for hydroxylation is 2. The Labute approximate surface area is 93.8 Å². The van der Waals surface area contributed by atoms with Crippen molar-refractivity contribution in [2.24, 2.45) is 7.05 Å². The Balaban J connectivity index is 2.92. The Bertz CT molecular complexity index is 559. The van der Waals surface area contributed by atoms with E-state index in [9.17, 15) is 13.2 Å². The van der Waals surface area contributed by atoms with E-state index in [-0.39, 0.29) is 21.9 Å². The van der Waals surface area contributed by atoms with Gasteiger partial charge in [-0.2, -0.15) is 18.3 Å². The van der Waals surface area contributed by atoms with Gasteiger partial charge in [0, 0.05) is 7.05 Å². The molecule has 0 saturated carbocycles. The van der Waals surface area contributed by atoms with E-state index < -0.39 is 11.7 Å². The van der Waals surface area contributed by atoms with Gasteiger partial charge in [0.1, 0.15) is 5.15 Å². The SMILES string of the molecule is Cc1nn(C)c2nc(Cl)cc(C(F)(F)F)c12.